The number of benzene rings is 3. The zero-order valence-electron chi connectivity index (χ0n) is 21.7. The molecule has 4 aromatic rings. The molecule has 0 bridgehead atoms. The summed E-state index contributed by atoms with van der Waals surface area (Å²) in [6, 6.07) is 20.3. The van der Waals surface area contributed by atoms with Gasteiger partial charge >= 0.3 is 6.09 Å². The molecule has 2 saturated heterocycles. The van der Waals surface area contributed by atoms with Crippen molar-refractivity contribution in [1.29, 1.82) is 0 Å². The number of amides is 2. The van der Waals surface area contributed by atoms with Crippen molar-refractivity contribution < 1.29 is 14.7 Å². The number of carbonyl (C=O) groups excluding carboxylic acids is 1. The summed E-state index contributed by atoms with van der Waals surface area (Å²) >= 11 is 13.1. The number of nitrogens with one attached hydrogen (secondary N) is 1. The lowest BCUT2D eigenvalue weighted by atomic mass is 9.81. The van der Waals surface area contributed by atoms with E-state index in [0.717, 1.165) is 16.6 Å². The fourth-order valence-corrected chi connectivity index (χ4v) is 6.97. The maximum Gasteiger partial charge on any atom is 0.407 e. The van der Waals surface area contributed by atoms with E-state index in [1.165, 1.54) is 0 Å². The number of halogens is 2. The highest BCUT2D eigenvalue weighted by Gasteiger charge is 2.47. The van der Waals surface area contributed by atoms with Crippen molar-refractivity contribution in [3.63, 3.8) is 0 Å². The minimum Gasteiger partial charge on any atom is -0.465 e. The fourth-order valence-electron chi connectivity index (χ4n) is 6.54. The molecule has 2 aliphatic heterocycles. The van der Waals surface area contributed by atoms with Crippen molar-refractivity contribution in [2.45, 2.75) is 37.8 Å². The van der Waals surface area contributed by atoms with Crippen LogP contribution in [0.15, 0.2) is 66.7 Å². The molecule has 2 fully saturated rings. The molecule has 8 nitrogen and oxygen atoms in total. The molecule has 6 rings (SSSR count). The third-order valence-electron chi connectivity index (χ3n) is 8.54. The van der Waals surface area contributed by atoms with Crippen LogP contribution in [0.25, 0.3) is 11.0 Å². The Hall–Kier alpha value is -3.62. The summed E-state index contributed by atoms with van der Waals surface area (Å²) in [7, 11) is 0. The van der Waals surface area contributed by atoms with E-state index in [-0.39, 0.29) is 29.8 Å². The standard InChI is InChI=1S/C30H29Cl2N5O3/c31-24-7-3-1-5-18(24)13-22-16-23-21(11-12-36(22)30(39)40)17-37(28(23)15-19-6-2-4-8-25(19)32)29(38)20-9-10-26-27(14-20)34-35-33-26/h1-10,14,21-23,28H,11-13,15-17H2,(H,39,40)(H,33,34,35)/t21-,22?,23-,28?/m1/s1. The summed E-state index contributed by atoms with van der Waals surface area (Å²) in [6.07, 6.45) is 1.49. The Morgan fingerprint density at radius 3 is 2.35 bits per heavy atom. The molecule has 0 aliphatic carbocycles. The SMILES string of the molecule is O=C(O)N1CC[C@@H]2CN(C(=O)c3ccc4[nH]nnc4c3)C(Cc3ccccc3Cl)[C@@H]2CC1Cc1ccccc1Cl. The fraction of sp³-hybridized carbons (Fsp3) is 0.333. The van der Waals surface area contributed by atoms with E-state index >= 15 is 0 Å². The molecule has 2 unspecified atom stereocenters. The smallest absolute Gasteiger partial charge is 0.407 e. The molecular weight excluding hydrogens is 549 g/mol. The summed E-state index contributed by atoms with van der Waals surface area (Å²) in [6.45, 7) is 0.971. The Morgan fingerprint density at radius 1 is 0.950 bits per heavy atom. The van der Waals surface area contributed by atoms with Gasteiger partial charge in [-0.1, -0.05) is 64.8 Å². The average molecular weight is 579 g/mol. The first-order valence-corrected chi connectivity index (χ1v) is 14.2. The predicted octanol–water partition coefficient (Wildman–Crippen LogP) is 5.95. The van der Waals surface area contributed by atoms with Gasteiger partial charge in [0.2, 0.25) is 0 Å². The van der Waals surface area contributed by atoms with Gasteiger partial charge in [0.25, 0.3) is 5.91 Å². The van der Waals surface area contributed by atoms with Gasteiger partial charge in [0.1, 0.15) is 5.52 Å². The predicted molar refractivity (Wildman–Crippen MR) is 154 cm³/mol. The van der Waals surface area contributed by atoms with Crippen LogP contribution in [0.4, 0.5) is 4.79 Å². The molecule has 1 aromatic heterocycles. The van der Waals surface area contributed by atoms with E-state index in [0.29, 0.717) is 59.9 Å². The highest BCUT2D eigenvalue weighted by molar-refractivity contribution is 6.31. The number of hydrogen-bond acceptors (Lipinski definition) is 4. The highest BCUT2D eigenvalue weighted by atomic mass is 35.5. The van der Waals surface area contributed by atoms with Gasteiger partial charge < -0.3 is 14.9 Å². The quantitative estimate of drug-likeness (QED) is 0.305. The Bertz CT molecular complexity index is 1560. The topological polar surface area (TPSA) is 102 Å². The third-order valence-corrected chi connectivity index (χ3v) is 9.27. The van der Waals surface area contributed by atoms with Crippen LogP contribution in [0.1, 0.15) is 34.3 Å². The summed E-state index contributed by atoms with van der Waals surface area (Å²) in [5.74, 6) is 0.186. The zero-order chi connectivity index (χ0) is 27.8. The third kappa shape index (κ3) is 5.13. The van der Waals surface area contributed by atoms with Crippen LogP contribution in [-0.2, 0) is 12.8 Å². The van der Waals surface area contributed by atoms with Crippen molar-refractivity contribution in [3.05, 3.63) is 93.5 Å². The lowest BCUT2D eigenvalue weighted by molar-refractivity contribution is 0.0698. The second kappa shape index (κ2) is 11.1. The van der Waals surface area contributed by atoms with Gasteiger partial charge in [0, 0.05) is 40.8 Å². The van der Waals surface area contributed by atoms with Crippen molar-refractivity contribution >= 4 is 46.2 Å². The summed E-state index contributed by atoms with van der Waals surface area (Å²) in [5.41, 5.74) is 3.86. The second-order valence-corrected chi connectivity index (χ2v) is 11.6. The van der Waals surface area contributed by atoms with Crippen LogP contribution < -0.4 is 0 Å². The van der Waals surface area contributed by atoms with Crippen LogP contribution in [0, 0.1) is 11.8 Å². The molecule has 206 valence electrons. The monoisotopic (exact) mass is 577 g/mol. The lowest BCUT2D eigenvalue weighted by Crippen LogP contribution is -2.44. The van der Waals surface area contributed by atoms with Crippen molar-refractivity contribution in [3.8, 4) is 0 Å². The number of carbonyl (C=O) groups is 2. The summed E-state index contributed by atoms with van der Waals surface area (Å²) in [4.78, 5) is 29.9. The van der Waals surface area contributed by atoms with Crippen LogP contribution in [0.5, 0.6) is 0 Å². The Balaban J connectivity index is 1.35. The van der Waals surface area contributed by atoms with E-state index in [2.05, 4.69) is 15.4 Å². The number of likely N-dealkylation sites (tertiary alicyclic amines) is 2. The van der Waals surface area contributed by atoms with Crippen LogP contribution >= 0.6 is 23.2 Å². The molecule has 40 heavy (non-hydrogen) atoms. The van der Waals surface area contributed by atoms with Gasteiger partial charge in [-0.25, -0.2) is 4.79 Å². The average Bonchev–Trinajstić information content (AvgIpc) is 3.50. The molecule has 3 heterocycles. The number of carboxylic acid groups (broad SMARTS) is 1. The maximum atomic E-state index is 14.0. The number of aromatic nitrogens is 3. The number of hydrogen-bond donors (Lipinski definition) is 2. The number of fused-ring (bicyclic) bond motifs is 2. The van der Waals surface area contributed by atoms with E-state index in [9.17, 15) is 14.7 Å². The first-order valence-electron chi connectivity index (χ1n) is 13.5. The van der Waals surface area contributed by atoms with E-state index in [4.69, 9.17) is 23.2 Å². The first kappa shape index (κ1) is 26.6. The Morgan fingerprint density at radius 2 is 1.65 bits per heavy atom. The number of nitrogens with zero attached hydrogens (tertiary/aromatic N) is 4. The summed E-state index contributed by atoms with van der Waals surface area (Å²) < 4.78 is 0. The lowest BCUT2D eigenvalue weighted by Gasteiger charge is -2.33. The Labute approximate surface area is 241 Å². The molecule has 3 aromatic carbocycles. The van der Waals surface area contributed by atoms with Gasteiger partial charge in [0.05, 0.1) is 5.52 Å². The second-order valence-electron chi connectivity index (χ2n) is 10.7. The van der Waals surface area contributed by atoms with Gasteiger partial charge in [-0.2, -0.15) is 0 Å². The van der Waals surface area contributed by atoms with E-state index < -0.39 is 6.09 Å². The van der Waals surface area contributed by atoms with E-state index in [1.807, 2.05) is 59.5 Å². The van der Waals surface area contributed by atoms with Gasteiger partial charge in [0.15, 0.2) is 0 Å². The van der Waals surface area contributed by atoms with Gasteiger partial charge in [-0.15, -0.1) is 5.10 Å². The number of aromatic amines is 1. The molecule has 0 spiro atoms. The first-order chi connectivity index (χ1) is 19.4. The Kier molecular flexibility index (Phi) is 7.38. The molecule has 0 saturated carbocycles. The highest BCUT2D eigenvalue weighted by Crippen LogP contribution is 2.42. The number of H-pyrrole nitrogens is 1. The normalized spacial score (nSPS) is 22.8. The minimum absolute atomic E-state index is 0.0622. The van der Waals surface area contributed by atoms with Crippen molar-refractivity contribution in [1.82, 2.24) is 25.2 Å². The molecule has 2 amide bonds. The van der Waals surface area contributed by atoms with Crippen molar-refractivity contribution in [2.24, 2.45) is 11.8 Å². The summed E-state index contributed by atoms with van der Waals surface area (Å²) in [5, 5.41) is 22.2. The molecule has 4 atom stereocenters. The van der Waals surface area contributed by atoms with Crippen molar-refractivity contribution in [2.75, 3.05) is 13.1 Å². The van der Waals surface area contributed by atoms with E-state index in [1.54, 1.807) is 17.0 Å². The molecule has 2 N–H and O–H groups in total. The van der Waals surface area contributed by atoms with Gasteiger partial charge in [-0.05, 0) is 79.0 Å². The maximum absolute atomic E-state index is 14.0. The minimum atomic E-state index is -0.923. The van der Waals surface area contributed by atoms with Crippen LogP contribution in [0.3, 0.4) is 0 Å². The van der Waals surface area contributed by atoms with Crippen LogP contribution in [-0.4, -0.2) is 67.5 Å². The molecular formula is C30H29Cl2N5O3. The molecule has 10 heteroatoms. The van der Waals surface area contributed by atoms with Gasteiger partial charge in [-0.3, -0.25) is 9.89 Å². The molecule has 2 aliphatic rings. The largest absolute Gasteiger partial charge is 0.465 e. The van der Waals surface area contributed by atoms with Crippen LogP contribution in [0.2, 0.25) is 10.0 Å². The molecule has 0 radical (unpaired) electrons. The zero-order valence-corrected chi connectivity index (χ0v) is 23.2. The number of rotatable bonds is 5.